The Kier molecular flexibility index (Phi) is 6.48. The molecule has 1 aliphatic heterocycles. The Bertz CT molecular complexity index is 551. The lowest BCUT2D eigenvalue weighted by Crippen LogP contribution is -2.57. The van der Waals surface area contributed by atoms with Crippen LogP contribution in [-0.4, -0.2) is 37.7 Å². The minimum Gasteiger partial charge on any atom is -0.375 e. The summed E-state index contributed by atoms with van der Waals surface area (Å²) in [5.74, 6) is 0.0495. The fraction of sp³-hybridized carbons (Fsp3) is 0.588. The van der Waals surface area contributed by atoms with Gasteiger partial charge in [0.1, 0.15) is 6.04 Å². The predicted octanol–water partition coefficient (Wildman–Crippen LogP) is 2.79. The zero-order valence-corrected chi connectivity index (χ0v) is 15.7. The average Bonchev–Trinajstić information content (AvgIpc) is 2.46. The van der Waals surface area contributed by atoms with Crippen molar-refractivity contribution >= 4 is 34.2 Å². The van der Waals surface area contributed by atoms with E-state index in [2.05, 4.69) is 44.8 Å². The maximum absolute atomic E-state index is 12.4. The fourth-order valence-corrected chi connectivity index (χ4v) is 3.78. The van der Waals surface area contributed by atoms with Crippen LogP contribution in [0.5, 0.6) is 0 Å². The van der Waals surface area contributed by atoms with E-state index >= 15 is 0 Å². The highest BCUT2D eigenvalue weighted by Gasteiger charge is 2.40. The molecule has 0 unspecified atom stereocenters. The standard InChI is InChI=1S/C17H23BrN2O2.ClH/c1-12-15(19-8-9-22-12)16(21)20-11-17(6-3-7-17)13-4-2-5-14(18)10-13;/h2,4-5,10,12,15,19H,3,6-9,11H2,1H3,(H,20,21);1H/t12-,15+;/m1./s1. The topological polar surface area (TPSA) is 50.4 Å². The quantitative estimate of drug-likeness (QED) is 0.813. The third-order valence-electron chi connectivity index (χ3n) is 4.95. The molecule has 1 aliphatic carbocycles. The number of ether oxygens (including phenoxy) is 1. The van der Waals surface area contributed by atoms with Crippen molar-refractivity contribution in [3.05, 3.63) is 34.3 Å². The second-order valence-corrected chi connectivity index (χ2v) is 7.29. The molecule has 23 heavy (non-hydrogen) atoms. The van der Waals surface area contributed by atoms with Gasteiger partial charge in [-0.1, -0.05) is 34.5 Å². The molecule has 4 nitrogen and oxygen atoms in total. The molecule has 2 aliphatic rings. The van der Waals surface area contributed by atoms with E-state index < -0.39 is 0 Å². The molecule has 2 atom stereocenters. The Morgan fingerprint density at radius 2 is 2.26 bits per heavy atom. The zero-order valence-electron chi connectivity index (χ0n) is 13.3. The summed E-state index contributed by atoms with van der Waals surface area (Å²) < 4.78 is 6.65. The Balaban J connectivity index is 0.00000192. The molecule has 3 rings (SSSR count). The third kappa shape index (κ3) is 4.08. The van der Waals surface area contributed by atoms with Crippen LogP contribution in [0.15, 0.2) is 28.7 Å². The molecule has 2 N–H and O–H groups in total. The van der Waals surface area contributed by atoms with Gasteiger partial charge >= 0.3 is 0 Å². The lowest BCUT2D eigenvalue weighted by atomic mass is 9.64. The van der Waals surface area contributed by atoms with E-state index in [1.165, 1.54) is 12.0 Å². The minimum atomic E-state index is -0.242. The van der Waals surface area contributed by atoms with E-state index in [0.717, 1.165) is 23.9 Å². The summed E-state index contributed by atoms with van der Waals surface area (Å²) >= 11 is 3.54. The van der Waals surface area contributed by atoms with Crippen LogP contribution in [0.2, 0.25) is 0 Å². The Morgan fingerprint density at radius 1 is 1.48 bits per heavy atom. The number of hydrogen-bond acceptors (Lipinski definition) is 3. The van der Waals surface area contributed by atoms with Gasteiger partial charge in [0, 0.05) is 23.0 Å². The van der Waals surface area contributed by atoms with Gasteiger partial charge in [-0.05, 0) is 37.5 Å². The number of carbonyl (C=O) groups excluding carboxylic acids is 1. The second-order valence-electron chi connectivity index (χ2n) is 6.37. The van der Waals surface area contributed by atoms with Crippen LogP contribution in [-0.2, 0) is 14.9 Å². The number of hydrogen-bond donors (Lipinski definition) is 2. The Morgan fingerprint density at radius 3 is 2.87 bits per heavy atom. The van der Waals surface area contributed by atoms with Crippen molar-refractivity contribution in [1.29, 1.82) is 0 Å². The van der Waals surface area contributed by atoms with E-state index in [9.17, 15) is 4.79 Å². The van der Waals surface area contributed by atoms with Gasteiger partial charge in [0.25, 0.3) is 0 Å². The van der Waals surface area contributed by atoms with Crippen LogP contribution >= 0.6 is 28.3 Å². The number of rotatable bonds is 4. The third-order valence-corrected chi connectivity index (χ3v) is 5.44. The summed E-state index contributed by atoms with van der Waals surface area (Å²) in [6.45, 7) is 4.06. The van der Waals surface area contributed by atoms with Crippen molar-refractivity contribution < 1.29 is 9.53 Å². The van der Waals surface area contributed by atoms with Gasteiger partial charge in [-0.25, -0.2) is 0 Å². The maximum atomic E-state index is 12.4. The highest BCUT2D eigenvalue weighted by molar-refractivity contribution is 9.10. The van der Waals surface area contributed by atoms with Gasteiger partial charge < -0.3 is 15.4 Å². The first-order valence-corrected chi connectivity index (χ1v) is 8.79. The highest BCUT2D eigenvalue weighted by Crippen LogP contribution is 2.43. The van der Waals surface area contributed by atoms with Crippen molar-refractivity contribution in [1.82, 2.24) is 10.6 Å². The predicted molar refractivity (Wildman–Crippen MR) is 97.1 cm³/mol. The van der Waals surface area contributed by atoms with Gasteiger partial charge in [-0.15, -0.1) is 12.4 Å². The molecule has 1 saturated carbocycles. The first-order chi connectivity index (χ1) is 10.6. The van der Waals surface area contributed by atoms with E-state index in [1.54, 1.807) is 0 Å². The van der Waals surface area contributed by atoms with Gasteiger partial charge in [0.15, 0.2) is 0 Å². The highest BCUT2D eigenvalue weighted by atomic mass is 79.9. The largest absolute Gasteiger partial charge is 0.375 e. The molecule has 1 amide bonds. The van der Waals surface area contributed by atoms with Crippen molar-refractivity contribution in [3.8, 4) is 0 Å². The minimum absolute atomic E-state index is 0. The SMILES string of the molecule is C[C@H]1OCCN[C@@H]1C(=O)NCC1(c2cccc(Br)c2)CCC1.Cl. The van der Waals surface area contributed by atoms with Crippen LogP contribution in [0.25, 0.3) is 0 Å². The lowest BCUT2D eigenvalue weighted by Gasteiger charge is -2.43. The molecule has 0 radical (unpaired) electrons. The molecule has 2 fully saturated rings. The normalized spacial score (nSPS) is 25.8. The summed E-state index contributed by atoms with van der Waals surface area (Å²) in [4.78, 5) is 12.4. The first-order valence-electron chi connectivity index (χ1n) is 7.99. The van der Waals surface area contributed by atoms with Crippen molar-refractivity contribution in [3.63, 3.8) is 0 Å². The molecule has 0 aromatic heterocycles. The lowest BCUT2D eigenvalue weighted by molar-refractivity contribution is -0.129. The molecule has 1 aromatic carbocycles. The molecule has 1 aromatic rings. The number of nitrogens with one attached hydrogen (secondary N) is 2. The van der Waals surface area contributed by atoms with Gasteiger partial charge in [-0.2, -0.15) is 0 Å². The molecular weight excluding hydrogens is 380 g/mol. The van der Waals surface area contributed by atoms with Gasteiger partial charge in [0.05, 0.1) is 12.7 Å². The molecule has 128 valence electrons. The average molecular weight is 404 g/mol. The number of carbonyl (C=O) groups is 1. The maximum Gasteiger partial charge on any atom is 0.239 e. The molecular formula is C17H24BrClN2O2. The van der Waals surface area contributed by atoms with Crippen LogP contribution in [0, 0.1) is 0 Å². The number of morpholine rings is 1. The molecule has 6 heteroatoms. The van der Waals surface area contributed by atoms with E-state index in [0.29, 0.717) is 13.2 Å². The van der Waals surface area contributed by atoms with Gasteiger partial charge in [-0.3, -0.25) is 4.79 Å². The van der Waals surface area contributed by atoms with Crippen molar-refractivity contribution in [2.75, 3.05) is 19.7 Å². The van der Waals surface area contributed by atoms with Crippen molar-refractivity contribution in [2.45, 2.75) is 43.7 Å². The van der Waals surface area contributed by atoms with Gasteiger partial charge in [0.2, 0.25) is 5.91 Å². The number of halogens is 2. The smallest absolute Gasteiger partial charge is 0.239 e. The van der Waals surface area contributed by atoms with Crippen LogP contribution in [0.4, 0.5) is 0 Å². The Hall–Kier alpha value is -0.620. The number of amides is 1. The molecule has 1 saturated heterocycles. The summed E-state index contributed by atoms with van der Waals surface area (Å²) in [6, 6.07) is 8.21. The van der Waals surface area contributed by atoms with E-state index in [4.69, 9.17) is 4.74 Å². The monoisotopic (exact) mass is 402 g/mol. The molecule has 0 bridgehead atoms. The molecule has 1 heterocycles. The summed E-state index contributed by atoms with van der Waals surface area (Å²) in [6.07, 6.45) is 3.42. The molecule has 0 spiro atoms. The van der Waals surface area contributed by atoms with Crippen LogP contribution in [0.1, 0.15) is 31.7 Å². The zero-order chi connectivity index (χ0) is 15.6. The van der Waals surface area contributed by atoms with E-state index in [1.807, 2.05) is 13.0 Å². The Labute approximate surface area is 152 Å². The fourth-order valence-electron chi connectivity index (χ4n) is 3.38. The van der Waals surface area contributed by atoms with Crippen LogP contribution < -0.4 is 10.6 Å². The van der Waals surface area contributed by atoms with Crippen LogP contribution in [0.3, 0.4) is 0 Å². The summed E-state index contributed by atoms with van der Waals surface area (Å²) in [5.41, 5.74) is 1.41. The summed E-state index contributed by atoms with van der Waals surface area (Å²) in [5, 5.41) is 6.39. The second kappa shape index (κ2) is 7.97. The van der Waals surface area contributed by atoms with E-state index in [-0.39, 0.29) is 35.9 Å². The van der Waals surface area contributed by atoms with Crippen molar-refractivity contribution in [2.24, 2.45) is 0 Å². The number of benzene rings is 1. The summed E-state index contributed by atoms with van der Waals surface area (Å²) in [7, 11) is 0. The first kappa shape index (κ1) is 18.7.